The SMILES string of the molecule is CCS(=O)(=O)N1CC(CC#N)(n2cc(-c3ncnc4c3ccn4C(=O)N(C)Cc3ccccc3O[C@@H]3O[C@H](C(=O)O)[C@@H](O)[C@H](O)[C@H]3O)cn2)C1. The summed E-state index contributed by atoms with van der Waals surface area (Å²) in [6.45, 7) is 1.78. The Bertz CT molecular complexity index is 2070. The molecule has 1 amide bonds. The highest BCUT2D eigenvalue weighted by atomic mass is 32.2. The van der Waals surface area contributed by atoms with Crippen molar-refractivity contribution < 1.29 is 47.9 Å². The second-order valence-electron chi connectivity index (χ2n) is 12.1. The first-order valence-electron chi connectivity index (χ1n) is 15.4. The van der Waals surface area contributed by atoms with Crippen molar-refractivity contribution in [3.63, 3.8) is 0 Å². The zero-order valence-electron chi connectivity index (χ0n) is 26.8. The number of aromatic nitrogens is 5. The largest absolute Gasteiger partial charge is 0.479 e. The van der Waals surface area contributed by atoms with E-state index in [-0.39, 0.29) is 37.6 Å². The number of para-hydroxylation sites is 1. The molecule has 4 aromatic rings. The van der Waals surface area contributed by atoms with Gasteiger partial charge < -0.3 is 34.8 Å². The number of carboxylic acid groups (broad SMARTS) is 1. The molecule has 18 nitrogen and oxygen atoms in total. The maximum atomic E-state index is 13.7. The van der Waals surface area contributed by atoms with Gasteiger partial charge >= 0.3 is 12.0 Å². The molecule has 0 unspecified atom stereocenters. The van der Waals surface area contributed by atoms with Crippen LogP contribution in [0.25, 0.3) is 22.3 Å². The summed E-state index contributed by atoms with van der Waals surface area (Å²) < 4.78 is 40.0. The minimum absolute atomic E-state index is 0.0124. The summed E-state index contributed by atoms with van der Waals surface area (Å²) >= 11 is 0. The Morgan fingerprint density at radius 3 is 2.58 bits per heavy atom. The van der Waals surface area contributed by atoms with E-state index >= 15 is 0 Å². The van der Waals surface area contributed by atoms with Crippen LogP contribution in [-0.2, 0) is 31.6 Å². The number of aliphatic carboxylic acids is 1. The van der Waals surface area contributed by atoms with Gasteiger partial charge in [0.25, 0.3) is 0 Å². The van der Waals surface area contributed by atoms with Crippen LogP contribution in [0.3, 0.4) is 0 Å². The Hall–Kier alpha value is -4.97. The maximum Gasteiger partial charge on any atom is 0.335 e. The van der Waals surface area contributed by atoms with E-state index < -0.39 is 58.3 Å². The lowest BCUT2D eigenvalue weighted by atomic mass is 9.89. The number of benzene rings is 1. The molecule has 0 spiro atoms. The van der Waals surface area contributed by atoms with Gasteiger partial charge in [0.1, 0.15) is 35.9 Å². The number of hydrogen-bond donors (Lipinski definition) is 4. The molecule has 0 saturated carbocycles. The molecule has 2 aliphatic heterocycles. The Kier molecular flexibility index (Phi) is 9.34. The Labute approximate surface area is 285 Å². The van der Waals surface area contributed by atoms with Crippen molar-refractivity contribution in [3.05, 3.63) is 60.8 Å². The number of carboxylic acids is 1. The minimum Gasteiger partial charge on any atom is -0.479 e. The van der Waals surface area contributed by atoms with Crippen LogP contribution < -0.4 is 4.74 Å². The quantitative estimate of drug-likeness (QED) is 0.168. The van der Waals surface area contributed by atoms with Gasteiger partial charge in [-0.2, -0.15) is 14.7 Å². The fourth-order valence-corrected chi connectivity index (χ4v) is 7.28. The van der Waals surface area contributed by atoms with Gasteiger partial charge in [0.2, 0.25) is 16.3 Å². The van der Waals surface area contributed by atoms with Crippen LogP contribution in [0.4, 0.5) is 4.79 Å². The monoisotopic (exact) mass is 710 g/mol. The number of nitrogens with zero attached hydrogens (tertiary/aromatic N) is 8. The predicted molar refractivity (Wildman–Crippen MR) is 172 cm³/mol. The van der Waals surface area contributed by atoms with Crippen molar-refractivity contribution in [2.75, 3.05) is 25.9 Å². The molecular weight excluding hydrogens is 676 g/mol. The molecular formula is C31H34N8O10S. The van der Waals surface area contributed by atoms with Crippen LogP contribution in [0.1, 0.15) is 18.9 Å². The Morgan fingerprint density at radius 1 is 1.14 bits per heavy atom. The van der Waals surface area contributed by atoms with Crippen LogP contribution >= 0.6 is 0 Å². The van der Waals surface area contributed by atoms with Crippen LogP contribution in [0.5, 0.6) is 5.75 Å². The van der Waals surface area contributed by atoms with Crippen molar-refractivity contribution >= 4 is 33.1 Å². The topological polar surface area (TPSA) is 246 Å². The van der Waals surface area contributed by atoms with Crippen LogP contribution in [0.2, 0.25) is 0 Å². The number of aliphatic hydroxyl groups excluding tert-OH is 3. The summed E-state index contributed by atoms with van der Waals surface area (Å²) in [6, 6.07) is 9.81. The van der Waals surface area contributed by atoms with Crippen LogP contribution in [-0.4, -0.2) is 131 Å². The van der Waals surface area contributed by atoms with Crippen molar-refractivity contribution in [1.29, 1.82) is 5.26 Å². The first kappa shape index (κ1) is 34.9. The van der Waals surface area contributed by atoms with Crippen LogP contribution in [0.15, 0.2) is 55.2 Å². The van der Waals surface area contributed by atoms with Gasteiger partial charge in [-0.25, -0.2) is 28.0 Å². The standard InChI is InChI=1S/C31H34N8O10S/c1-3-50(46,47)37-15-31(16-37,9-10-32)39-14-19(12-35-39)22-20-8-11-38(27(20)34-17-33-22)30(45)36(2)13-18-6-4-5-7-21(18)48-29-25(42)23(40)24(41)26(49-29)28(43)44/h4-8,11-12,14,17,23-26,29,40-42H,3,9,13,15-16H2,1-2H3,(H,43,44)/t23-,24-,25+,26-,29+/m0/s1. The third-order valence-electron chi connectivity index (χ3n) is 8.90. The Morgan fingerprint density at radius 2 is 1.88 bits per heavy atom. The van der Waals surface area contributed by atoms with Crippen molar-refractivity contribution in [3.8, 4) is 23.1 Å². The molecule has 50 heavy (non-hydrogen) atoms. The van der Waals surface area contributed by atoms with E-state index in [2.05, 4.69) is 21.1 Å². The van der Waals surface area contributed by atoms with E-state index in [1.807, 2.05) is 0 Å². The first-order chi connectivity index (χ1) is 23.8. The van der Waals surface area contributed by atoms with Gasteiger partial charge in [-0.15, -0.1) is 0 Å². The minimum atomic E-state index is -3.42. The molecule has 5 heterocycles. The van der Waals surface area contributed by atoms with Gasteiger partial charge in [0, 0.05) is 49.0 Å². The molecule has 264 valence electrons. The fourth-order valence-electron chi connectivity index (χ4n) is 6.05. The smallest absolute Gasteiger partial charge is 0.335 e. The zero-order valence-corrected chi connectivity index (χ0v) is 27.7. The molecule has 0 bridgehead atoms. The molecule has 2 saturated heterocycles. The van der Waals surface area contributed by atoms with Gasteiger partial charge in [-0.3, -0.25) is 9.25 Å². The van der Waals surface area contributed by atoms with E-state index in [0.717, 1.165) is 0 Å². The van der Waals surface area contributed by atoms with E-state index in [9.17, 15) is 43.7 Å². The number of hydrogen-bond acceptors (Lipinski definition) is 13. The predicted octanol–water partition coefficient (Wildman–Crippen LogP) is -0.0598. The second kappa shape index (κ2) is 13.4. The van der Waals surface area contributed by atoms with Crippen molar-refractivity contribution in [1.82, 2.24) is 33.5 Å². The molecule has 6 rings (SSSR count). The molecule has 1 aromatic carbocycles. The molecule has 4 N–H and O–H groups in total. The number of fused-ring (bicyclic) bond motifs is 1. The number of carbonyl (C=O) groups is 2. The summed E-state index contributed by atoms with van der Waals surface area (Å²) in [5.41, 5.74) is 0.971. The summed E-state index contributed by atoms with van der Waals surface area (Å²) in [7, 11) is -1.88. The fraction of sp³-hybridized carbons (Fsp3) is 0.419. The maximum absolute atomic E-state index is 13.7. The van der Waals surface area contributed by atoms with Gasteiger partial charge in [-0.1, -0.05) is 18.2 Å². The lowest BCUT2D eigenvalue weighted by Gasteiger charge is -2.47. The number of sulfonamides is 1. The molecule has 2 fully saturated rings. The highest BCUT2D eigenvalue weighted by molar-refractivity contribution is 7.89. The average molecular weight is 711 g/mol. The third-order valence-corrected chi connectivity index (χ3v) is 10.7. The molecule has 3 aromatic heterocycles. The number of aliphatic hydroxyl groups is 3. The number of rotatable bonds is 10. The molecule has 19 heteroatoms. The van der Waals surface area contributed by atoms with Gasteiger partial charge in [-0.05, 0) is 19.1 Å². The third kappa shape index (κ3) is 6.17. The molecule has 2 aliphatic rings. The van der Waals surface area contributed by atoms with Crippen LogP contribution in [0, 0.1) is 11.3 Å². The summed E-state index contributed by atoms with van der Waals surface area (Å²) in [4.78, 5) is 35.4. The Balaban J connectivity index is 1.21. The van der Waals surface area contributed by atoms with E-state index in [0.29, 0.717) is 27.9 Å². The number of ether oxygens (including phenoxy) is 2. The number of amides is 1. The van der Waals surface area contributed by atoms with Gasteiger partial charge in [0.15, 0.2) is 11.8 Å². The lowest BCUT2D eigenvalue weighted by Crippen LogP contribution is -2.64. The van der Waals surface area contributed by atoms with Crippen molar-refractivity contribution in [2.45, 2.75) is 56.1 Å². The highest BCUT2D eigenvalue weighted by Gasteiger charge is 2.50. The average Bonchev–Trinajstić information content (AvgIpc) is 3.75. The van der Waals surface area contributed by atoms with E-state index in [1.54, 1.807) is 55.3 Å². The number of nitriles is 1. The highest BCUT2D eigenvalue weighted by Crippen LogP contribution is 2.36. The van der Waals surface area contributed by atoms with E-state index in [1.165, 1.54) is 32.4 Å². The lowest BCUT2D eigenvalue weighted by molar-refractivity contribution is -0.271. The number of carbonyl (C=O) groups excluding carboxylic acids is 1. The summed E-state index contributed by atoms with van der Waals surface area (Å²) in [6.07, 6.45) is -2.81. The molecule has 0 aliphatic carbocycles. The van der Waals surface area contributed by atoms with Crippen molar-refractivity contribution in [2.24, 2.45) is 0 Å². The van der Waals surface area contributed by atoms with E-state index in [4.69, 9.17) is 9.47 Å². The zero-order chi connectivity index (χ0) is 36.0. The molecule has 0 radical (unpaired) electrons. The second-order valence-corrected chi connectivity index (χ2v) is 14.4. The normalized spacial score (nSPS) is 23.6. The first-order valence-corrected chi connectivity index (χ1v) is 17.1. The van der Waals surface area contributed by atoms with Gasteiger partial charge in [0.05, 0.1) is 36.7 Å². The summed E-state index contributed by atoms with van der Waals surface area (Å²) in [5.74, 6) is -1.46. The molecule has 5 atom stereocenters. The summed E-state index contributed by atoms with van der Waals surface area (Å²) in [5, 5.41) is 54.4.